The molecule has 4 heteroatoms. The predicted molar refractivity (Wildman–Crippen MR) is 79.5 cm³/mol. The maximum Gasteiger partial charge on any atom is 0.224 e. The van der Waals surface area contributed by atoms with Crippen LogP contribution in [0.2, 0.25) is 5.02 Å². The molecule has 0 aliphatic rings. The van der Waals surface area contributed by atoms with Gasteiger partial charge in [0.15, 0.2) is 0 Å². The molecule has 0 saturated heterocycles. The zero-order chi connectivity index (χ0) is 14.0. The van der Waals surface area contributed by atoms with Crippen molar-refractivity contribution in [1.29, 1.82) is 0 Å². The van der Waals surface area contributed by atoms with Crippen LogP contribution >= 0.6 is 23.2 Å². The molecule has 0 atom stereocenters. The van der Waals surface area contributed by atoms with E-state index in [1.807, 2.05) is 39.0 Å². The van der Waals surface area contributed by atoms with E-state index in [2.05, 4.69) is 4.98 Å². The summed E-state index contributed by atoms with van der Waals surface area (Å²) in [4.78, 5) is 4.42. The van der Waals surface area contributed by atoms with E-state index in [0.29, 0.717) is 16.8 Å². The first-order chi connectivity index (χ1) is 9.01. The number of halogens is 2. The van der Waals surface area contributed by atoms with E-state index in [4.69, 9.17) is 27.9 Å². The number of benzene rings is 1. The van der Waals surface area contributed by atoms with Crippen LogP contribution < -0.4 is 4.74 Å². The van der Waals surface area contributed by atoms with Crippen LogP contribution in [0, 0.1) is 20.8 Å². The van der Waals surface area contributed by atoms with Gasteiger partial charge in [-0.05, 0) is 56.2 Å². The summed E-state index contributed by atoms with van der Waals surface area (Å²) in [6.07, 6.45) is 0. The quantitative estimate of drug-likeness (QED) is 0.727. The molecule has 0 fully saturated rings. The minimum absolute atomic E-state index is 0.376. The fraction of sp³-hybridized carbons (Fsp3) is 0.267. The van der Waals surface area contributed by atoms with Crippen LogP contribution in [0.4, 0.5) is 0 Å². The number of aryl methyl sites for hydroxylation is 3. The van der Waals surface area contributed by atoms with Crippen LogP contribution in [-0.2, 0) is 5.88 Å². The van der Waals surface area contributed by atoms with Crippen molar-refractivity contribution in [2.45, 2.75) is 26.7 Å². The van der Waals surface area contributed by atoms with Gasteiger partial charge in [-0.15, -0.1) is 11.6 Å². The van der Waals surface area contributed by atoms with Gasteiger partial charge < -0.3 is 4.74 Å². The molecule has 0 radical (unpaired) electrons. The molecule has 0 N–H and O–H groups in total. The Morgan fingerprint density at radius 1 is 1.11 bits per heavy atom. The molecular formula is C15H15Cl2NO. The predicted octanol–water partition coefficient (Wildman–Crippen LogP) is 5.19. The van der Waals surface area contributed by atoms with E-state index < -0.39 is 0 Å². The second-order valence-electron chi connectivity index (χ2n) is 4.51. The van der Waals surface area contributed by atoms with Crippen LogP contribution in [0.3, 0.4) is 0 Å². The Hall–Kier alpha value is -1.25. The van der Waals surface area contributed by atoms with Gasteiger partial charge in [0, 0.05) is 16.3 Å². The Bertz CT molecular complexity index is 611. The molecule has 2 aromatic rings. The fourth-order valence-electron chi connectivity index (χ4n) is 1.91. The van der Waals surface area contributed by atoms with Crippen molar-refractivity contribution in [1.82, 2.24) is 4.98 Å². The van der Waals surface area contributed by atoms with Gasteiger partial charge in [-0.25, -0.2) is 4.98 Å². The average Bonchev–Trinajstić information content (AvgIpc) is 2.32. The van der Waals surface area contributed by atoms with E-state index >= 15 is 0 Å². The van der Waals surface area contributed by atoms with Gasteiger partial charge in [-0.2, -0.15) is 0 Å². The van der Waals surface area contributed by atoms with Gasteiger partial charge in [-0.3, -0.25) is 0 Å². The molecule has 1 heterocycles. The molecule has 0 bridgehead atoms. The highest BCUT2D eigenvalue weighted by Crippen LogP contribution is 2.30. The van der Waals surface area contributed by atoms with Gasteiger partial charge >= 0.3 is 0 Å². The molecule has 0 aliphatic carbocycles. The van der Waals surface area contributed by atoms with E-state index in [9.17, 15) is 0 Å². The van der Waals surface area contributed by atoms with Crippen LogP contribution in [-0.4, -0.2) is 4.98 Å². The summed E-state index contributed by atoms with van der Waals surface area (Å²) in [5.41, 5.74) is 3.88. The van der Waals surface area contributed by atoms with Crippen LogP contribution in [0.1, 0.15) is 22.4 Å². The molecule has 1 aromatic carbocycles. The summed E-state index contributed by atoms with van der Waals surface area (Å²) in [6, 6.07) is 7.50. The third kappa shape index (κ3) is 3.20. The number of ether oxygens (including phenoxy) is 1. The number of hydrogen-bond acceptors (Lipinski definition) is 2. The first-order valence-electron chi connectivity index (χ1n) is 5.98. The number of alkyl halides is 1. The van der Waals surface area contributed by atoms with Gasteiger partial charge in [0.1, 0.15) is 5.75 Å². The van der Waals surface area contributed by atoms with E-state index in [0.717, 1.165) is 28.1 Å². The van der Waals surface area contributed by atoms with Crippen molar-refractivity contribution in [3.8, 4) is 11.6 Å². The third-order valence-corrected chi connectivity index (χ3v) is 3.42. The minimum Gasteiger partial charge on any atom is -0.438 e. The molecule has 0 aliphatic heterocycles. The van der Waals surface area contributed by atoms with Crippen molar-refractivity contribution < 1.29 is 4.74 Å². The lowest BCUT2D eigenvalue weighted by Gasteiger charge is -2.13. The van der Waals surface area contributed by atoms with Crippen molar-refractivity contribution in [3.63, 3.8) is 0 Å². The first kappa shape index (κ1) is 14.2. The summed E-state index contributed by atoms with van der Waals surface area (Å²) >= 11 is 11.9. The van der Waals surface area contributed by atoms with Crippen LogP contribution in [0.5, 0.6) is 11.6 Å². The normalized spacial score (nSPS) is 10.6. The molecule has 19 heavy (non-hydrogen) atoms. The number of aromatic nitrogens is 1. The second kappa shape index (κ2) is 5.81. The Kier molecular flexibility index (Phi) is 4.33. The molecule has 2 rings (SSSR count). The lowest BCUT2D eigenvalue weighted by atomic mass is 10.1. The highest BCUT2D eigenvalue weighted by Gasteiger charge is 2.11. The van der Waals surface area contributed by atoms with Crippen molar-refractivity contribution in [2.24, 2.45) is 0 Å². The molecule has 100 valence electrons. The summed E-state index contributed by atoms with van der Waals surface area (Å²) in [5.74, 6) is 1.69. The fourth-order valence-corrected chi connectivity index (χ4v) is 2.46. The van der Waals surface area contributed by atoms with Crippen LogP contribution in [0.25, 0.3) is 0 Å². The summed E-state index contributed by atoms with van der Waals surface area (Å²) in [7, 11) is 0. The Morgan fingerprint density at radius 3 is 2.47 bits per heavy atom. The standard InChI is InChI=1S/C15H15Cl2NO/c1-9-6-11(3)18-15(13(9)8-16)19-14-5-4-12(17)7-10(14)2/h4-7H,8H2,1-3H3. The Morgan fingerprint density at radius 2 is 1.84 bits per heavy atom. The summed E-state index contributed by atoms with van der Waals surface area (Å²) in [6.45, 7) is 5.89. The number of nitrogens with zero attached hydrogens (tertiary/aromatic N) is 1. The first-order valence-corrected chi connectivity index (χ1v) is 6.89. The van der Waals surface area contributed by atoms with Crippen molar-refractivity contribution in [3.05, 3.63) is 51.7 Å². The minimum atomic E-state index is 0.376. The lowest BCUT2D eigenvalue weighted by molar-refractivity contribution is 0.453. The van der Waals surface area contributed by atoms with Crippen molar-refractivity contribution >= 4 is 23.2 Å². The smallest absolute Gasteiger partial charge is 0.224 e. The largest absolute Gasteiger partial charge is 0.438 e. The lowest BCUT2D eigenvalue weighted by Crippen LogP contribution is -1.99. The monoisotopic (exact) mass is 295 g/mol. The van der Waals surface area contributed by atoms with Crippen molar-refractivity contribution in [2.75, 3.05) is 0 Å². The molecule has 1 aromatic heterocycles. The maximum atomic E-state index is 5.98. The van der Waals surface area contributed by atoms with Crippen LogP contribution in [0.15, 0.2) is 24.3 Å². The zero-order valence-corrected chi connectivity index (χ0v) is 12.6. The summed E-state index contributed by atoms with van der Waals surface area (Å²) in [5, 5.41) is 0.691. The van der Waals surface area contributed by atoms with E-state index in [1.54, 1.807) is 6.07 Å². The molecule has 0 spiro atoms. The second-order valence-corrected chi connectivity index (χ2v) is 5.21. The summed E-state index contributed by atoms with van der Waals surface area (Å²) < 4.78 is 5.89. The van der Waals surface area contributed by atoms with E-state index in [-0.39, 0.29) is 0 Å². The molecular weight excluding hydrogens is 281 g/mol. The van der Waals surface area contributed by atoms with Gasteiger partial charge in [0.05, 0.1) is 5.88 Å². The van der Waals surface area contributed by atoms with Gasteiger partial charge in [0.2, 0.25) is 5.88 Å². The average molecular weight is 296 g/mol. The topological polar surface area (TPSA) is 22.1 Å². The van der Waals surface area contributed by atoms with Gasteiger partial charge in [0.25, 0.3) is 0 Å². The third-order valence-electron chi connectivity index (χ3n) is 2.91. The number of hydrogen-bond donors (Lipinski definition) is 0. The number of pyridine rings is 1. The molecule has 0 saturated carbocycles. The Balaban J connectivity index is 2.42. The SMILES string of the molecule is Cc1cc(C)c(CCl)c(Oc2ccc(Cl)cc2C)n1. The number of rotatable bonds is 3. The highest BCUT2D eigenvalue weighted by atomic mass is 35.5. The highest BCUT2D eigenvalue weighted by molar-refractivity contribution is 6.30. The molecule has 0 amide bonds. The molecule has 2 nitrogen and oxygen atoms in total. The zero-order valence-electron chi connectivity index (χ0n) is 11.1. The van der Waals surface area contributed by atoms with Gasteiger partial charge in [-0.1, -0.05) is 11.6 Å². The Labute approximate surface area is 123 Å². The maximum absolute atomic E-state index is 5.98. The molecule has 0 unspecified atom stereocenters. The van der Waals surface area contributed by atoms with E-state index in [1.165, 1.54) is 0 Å².